The number of nitrogens with zero attached hydrogens (tertiary/aromatic N) is 1. The molecule has 1 rings (SSSR count). The van der Waals surface area contributed by atoms with Gasteiger partial charge in [0.05, 0.1) is 11.2 Å². The van der Waals surface area contributed by atoms with E-state index in [1.165, 1.54) is 0 Å². The van der Waals surface area contributed by atoms with Gasteiger partial charge in [-0.25, -0.2) is 0 Å². The molecular weight excluding hydrogens is 317 g/mol. The molecule has 1 aliphatic heterocycles. The summed E-state index contributed by atoms with van der Waals surface area (Å²) >= 11 is 0. The van der Waals surface area contributed by atoms with Crippen LogP contribution in [-0.4, -0.2) is 45.0 Å². The van der Waals surface area contributed by atoms with E-state index in [2.05, 4.69) is 85.1 Å². The molecule has 1 fully saturated rings. The summed E-state index contributed by atoms with van der Waals surface area (Å²) in [5.41, 5.74) is -0.505. The molecule has 1 saturated heterocycles. The van der Waals surface area contributed by atoms with Crippen LogP contribution < -0.4 is 0 Å². The molecule has 1 heterocycles. The van der Waals surface area contributed by atoms with Crippen molar-refractivity contribution in [2.45, 2.75) is 104 Å². The SMILES string of the molecule is CC(C)CC(B1OC(C)(C)C(C)(C)O1)N([Si](C)(C)C)[Si](C)(C)C. The first kappa shape index (κ1) is 21.4. The Hall–Kier alpha value is 0.379. The maximum atomic E-state index is 6.48. The van der Waals surface area contributed by atoms with Gasteiger partial charge >= 0.3 is 7.12 Å². The second-order valence-corrected chi connectivity index (χ2v) is 20.6. The van der Waals surface area contributed by atoms with Gasteiger partial charge in [0.1, 0.15) is 16.5 Å². The van der Waals surface area contributed by atoms with Crippen LogP contribution in [-0.2, 0) is 9.31 Å². The molecule has 0 radical (unpaired) electrons. The Morgan fingerprint density at radius 3 is 1.43 bits per heavy atom. The van der Waals surface area contributed by atoms with Crippen molar-refractivity contribution in [1.29, 1.82) is 0 Å². The van der Waals surface area contributed by atoms with Crippen LogP contribution in [0, 0.1) is 5.92 Å². The van der Waals surface area contributed by atoms with Gasteiger partial charge in [0.2, 0.25) is 0 Å². The summed E-state index contributed by atoms with van der Waals surface area (Å²) in [7, 11) is -3.08. The molecule has 0 bridgehead atoms. The van der Waals surface area contributed by atoms with Crippen LogP contribution in [0.25, 0.3) is 0 Å². The van der Waals surface area contributed by atoms with E-state index in [1.54, 1.807) is 0 Å². The second kappa shape index (κ2) is 6.60. The van der Waals surface area contributed by atoms with Gasteiger partial charge < -0.3 is 13.5 Å². The van der Waals surface area contributed by atoms with Gasteiger partial charge in [0.15, 0.2) is 0 Å². The molecular formula is C17H40BNO2Si2. The summed E-state index contributed by atoms with van der Waals surface area (Å²) in [6.45, 7) is 28.0. The Bertz CT molecular complexity index is 384. The standard InChI is InChI=1S/C17H40BNO2Si2/c1-14(2)13-15(19(22(7,8)9)23(10,11)12)18-20-16(3,4)17(5,6)21-18/h14-15H,13H2,1-12H3. The van der Waals surface area contributed by atoms with E-state index in [-0.39, 0.29) is 18.3 Å². The van der Waals surface area contributed by atoms with Crippen LogP contribution >= 0.6 is 0 Å². The topological polar surface area (TPSA) is 21.7 Å². The van der Waals surface area contributed by atoms with Crippen molar-refractivity contribution in [2.75, 3.05) is 0 Å². The van der Waals surface area contributed by atoms with Crippen LogP contribution in [0.5, 0.6) is 0 Å². The van der Waals surface area contributed by atoms with E-state index in [1.807, 2.05) is 0 Å². The lowest BCUT2D eigenvalue weighted by Gasteiger charge is -2.49. The van der Waals surface area contributed by atoms with Crippen LogP contribution in [0.2, 0.25) is 39.3 Å². The summed E-state index contributed by atoms with van der Waals surface area (Å²) in [6, 6.07) is 0. The summed E-state index contributed by atoms with van der Waals surface area (Å²) in [4.78, 5) is 0. The highest BCUT2D eigenvalue weighted by Crippen LogP contribution is 2.40. The Balaban J connectivity index is 3.24. The predicted octanol–water partition coefficient (Wildman–Crippen LogP) is 5.00. The van der Waals surface area contributed by atoms with Gasteiger partial charge in [-0.05, 0) is 40.0 Å². The fraction of sp³-hybridized carbons (Fsp3) is 1.00. The third kappa shape index (κ3) is 4.94. The Kier molecular flexibility index (Phi) is 6.14. The summed E-state index contributed by atoms with van der Waals surface area (Å²) in [5.74, 6) is 0.989. The Morgan fingerprint density at radius 1 is 0.826 bits per heavy atom. The van der Waals surface area contributed by atoms with E-state index < -0.39 is 16.5 Å². The van der Waals surface area contributed by atoms with Crippen LogP contribution in [0.4, 0.5) is 0 Å². The molecule has 136 valence electrons. The summed E-state index contributed by atoms with van der Waals surface area (Å²) < 4.78 is 15.8. The molecule has 3 nitrogen and oxygen atoms in total. The molecule has 0 amide bonds. The maximum Gasteiger partial charge on any atom is 0.474 e. The van der Waals surface area contributed by atoms with E-state index in [0.29, 0.717) is 11.9 Å². The number of hydrogen-bond acceptors (Lipinski definition) is 3. The Morgan fingerprint density at radius 2 is 1.17 bits per heavy atom. The average molecular weight is 357 g/mol. The zero-order valence-corrected chi connectivity index (χ0v) is 19.7. The van der Waals surface area contributed by atoms with Crippen LogP contribution in [0.1, 0.15) is 48.0 Å². The zero-order valence-electron chi connectivity index (χ0n) is 17.7. The van der Waals surface area contributed by atoms with Gasteiger partial charge in [-0.15, -0.1) is 0 Å². The molecule has 0 aromatic carbocycles. The zero-order chi connectivity index (χ0) is 18.4. The summed E-state index contributed by atoms with van der Waals surface area (Å²) in [6.07, 6.45) is 1.13. The van der Waals surface area contributed by atoms with Crippen molar-refractivity contribution in [3.63, 3.8) is 0 Å². The molecule has 1 unspecified atom stereocenters. The van der Waals surface area contributed by atoms with Crippen molar-refractivity contribution < 1.29 is 9.31 Å². The lowest BCUT2D eigenvalue weighted by atomic mass is 9.74. The number of hydrogen-bond donors (Lipinski definition) is 0. The van der Waals surface area contributed by atoms with E-state index >= 15 is 0 Å². The highest BCUT2D eigenvalue weighted by atomic mass is 28.4. The van der Waals surface area contributed by atoms with Crippen molar-refractivity contribution in [3.8, 4) is 0 Å². The normalized spacial score (nSPS) is 23.0. The lowest BCUT2D eigenvalue weighted by molar-refractivity contribution is 0.00578. The molecule has 6 heteroatoms. The molecule has 0 spiro atoms. The monoisotopic (exact) mass is 357 g/mol. The van der Waals surface area contributed by atoms with Crippen molar-refractivity contribution in [3.05, 3.63) is 0 Å². The van der Waals surface area contributed by atoms with Crippen LogP contribution in [0.15, 0.2) is 0 Å². The van der Waals surface area contributed by atoms with Gasteiger partial charge in [-0.1, -0.05) is 53.1 Å². The Labute approximate surface area is 147 Å². The maximum absolute atomic E-state index is 6.48. The molecule has 1 atom stereocenters. The van der Waals surface area contributed by atoms with Gasteiger partial charge in [0, 0.05) is 5.94 Å². The lowest BCUT2D eigenvalue weighted by Crippen LogP contribution is -2.67. The molecule has 23 heavy (non-hydrogen) atoms. The van der Waals surface area contributed by atoms with Gasteiger partial charge in [-0.3, -0.25) is 0 Å². The van der Waals surface area contributed by atoms with Crippen LogP contribution in [0.3, 0.4) is 0 Å². The first-order chi connectivity index (χ1) is 9.99. The third-order valence-corrected chi connectivity index (χ3v) is 12.7. The number of rotatable bonds is 6. The highest BCUT2D eigenvalue weighted by Gasteiger charge is 2.57. The predicted molar refractivity (Wildman–Crippen MR) is 108 cm³/mol. The average Bonchev–Trinajstić information content (AvgIpc) is 2.42. The quantitative estimate of drug-likeness (QED) is 0.624. The van der Waals surface area contributed by atoms with Crippen molar-refractivity contribution >= 4 is 23.6 Å². The fourth-order valence-corrected chi connectivity index (χ4v) is 14.4. The van der Waals surface area contributed by atoms with Crippen molar-refractivity contribution in [2.24, 2.45) is 5.92 Å². The summed E-state index contributed by atoms with van der Waals surface area (Å²) in [5, 5.41) is 0. The largest absolute Gasteiger partial charge is 0.474 e. The molecule has 0 aliphatic carbocycles. The third-order valence-electron chi connectivity index (χ3n) is 5.08. The van der Waals surface area contributed by atoms with Gasteiger partial charge in [-0.2, -0.15) is 0 Å². The van der Waals surface area contributed by atoms with Gasteiger partial charge in [0.25, 0.3) is 0 Å². The second-order valence-electron chi connectivity index (χ2n) is 10.5. The van der Waals surface area contributed by atoms with E-state index in [9.17, 15) is 0 Å². The molecule has 0 saturated carbocycles. The first-order valence-electron chi connectivity index (χ1n) is 9.14. The molecule has 1 aliphatic rings. The molecule has 0 N–H and O–H groups in total. The minimum Gasteiger partial charge on any atom is -0.402 e. The molecule has 0 aromatic rings. The smallest absolute Gasteiger partial charge is 0.402 e. The van der Waals surface area contributed by atoms with Crippen molar-refractivity contribution in [1.82, 2.24) is 4.23 Å². The highest BCUT2D eigenvalue weighted by molar-refractivity contribution is 6.90. The minimum absolute atomic E-state index is 0.124. The minimum atomic E-state index is -1.48. The van der Waals surface area contributed by atoms with E-state index in [4.69, 9.17) is 9.31 Å². The van der Waals surface area contributed by atoms with E-state index in [0.717, 1.165) is 6.42 Å². The fourth-order valence-electron chi connectivity index (χ4n) is 3.87. The molecule has 0 aromatic heterocycles. The first-order valence-corrected chi connectivity index (χ1v) is 16.0.